The Bertz CT molecular complexity index is 1300. The van der Waals surface area contributed by atoms with Gasteiger partial charge in [0.25, 0.3) is 15.9 Å². The third kappa shape index (κ3) is 7.19. The van der Waals surface area contributed by atoms with Crippen molar-refractivity contribution in [3.63, 3.8) is 0 Å². The van der Waals surface area contributed by atoms with Crippen LogP contribution in [-0.2, 0) is 14.8 Å². The fourth-order valence-corrected chi connectivity index (χ4v) is 4.63. The molecule has 1 amide bonds. The summed E-state index contributed by atoms with van der Waals surface area (Å²) in [6, 6.07) is 20.1. The summed E-state index contributed by atoms with van der Waals surface area (Å²) in [5.74, 6) is 0.633. The molecule has 3 aromatic carbocycles. The summed E-state index contributed by atoms with van der Waals surface area (Å²) in [4.78, 5) is 12.8. The van der Waals surface area contributed by atoms with Crippen molar-refractivity contribution >= 4 is 27.8 Å². The Balaban J connectivity index is 1.79. The molecule has 188 valence electrons. The Kier molecular flexibility index (Phi) is 9.24. The molecule has 1 N–H and O–H groups in total. The van der Waals surface area contributed by atoms with Gasteiger partial charge in [0, 0.05) is 0 Å². The zero-order valence-electron chi connectivity index (χ0n) is 20.3. The van der Waals surface area contributed by atoms with E-state index >= 15 is 0 Å². The molecule has 0 radical (unpaired) electrons. The molecular formula is C27H29N3O5S. The number of aryl methyl sites for hydroxylation is 1. The monoisotopic (exact) mass is 507 g/mol. The van der Waals surface area contributed by atoms with E-state index in [-0.39, 0.29) is 4.90 Å². The van der Waals surface area contributed by atoms with Crippen LogP contribution in [-0.4, -0.2) is 40.3 Å². The number of rotatable bonds is 12. The largest absolute Gasteiger partial charge is 0.494 e. The van der Waals surface area contributed by atoms with Gasteiger partial charge in [0.15, 0.2) is 0 Å². The van der Waals surface area contributed by atoms with Gasteiger partial charge in [0.2, 0.25) is 0 Å². The third-order valence-electron chi connectivity index (χ3n) is 4.96. The molecule has 0 aliphatic heterocycles. The predicted molar refractivity (Wildman–Crippen MR) is 141 cm³/mol. The summed E-state index contributed by atoms with van der Waals surface area (Å²) in [6.45, 7) is 7.72. The van der Waals surface area contributed by atoms with Crippen LogP contribution in [0.25, 0.3) is 0 Å². The fourth-order valence-electron chi connectivity index (χ4n) is 3.21. The van der Waals surface area contributed by atoms with Crippen LogP contribution in [0.4, 0.5) is 5.69 Å². The van der Waals surface area contributed by atoms with Crippen molar-refractivity contribution < 1.29 is 22.7 Å². The molecule has 0 aromatic heterocycles. The van der Waals surface area contributed by atoms with E-state index in [9.17, 15) is 13.2 Å². The minimum Gasteiger partial charge on any atom is -0.494 e. The first kappa shape index (κ1) is 26.5. The zero-order chi connectivity index (χ0) is 26.0. The van der Waals surface area contributed by atoms with Gasteiger partial charge < -0.3 is 9.47 Å². The molecule has 36 heavy (non-hydrogen) atoms. The Hall–Kier alpha value is -4.11. The van der Waals surface area contributed by atoms with Crippen LogP contribution >= 0.6 is 0 Å². The second-order valence-electron chi connectivity index (χ2n) is 7.72. The molecule has 8 nitrogen and oxygen atoms in total. The maximum absolute atomic E-state index is 13.5. The summed E-state index contributed by atoms with van der Waals surface area (Å²) in [5.41, 5.74) is 4.35. The highest BCUT2D eigenvalue weighted by atomic mass is 32.2. The van der Waals surface area contributed by atoms with Gasteiger partial charge in [-0.3, -0.25) is 9.10 Å². The smallest absolute Gasteiger partial charge is 0.264 e. The molecule has 9 heteroatoms. The summed E-state index contributed by atoms with van der Waals surface area (Å²) in [7, 11) is -4.03. The van der Waals surface area contributed by atoms with E-state index in [1.807, 2.05) is 13.8 Å². The summed E-state index contributed by atoms with van der Waals surface area (Å²) in [5, 5.41) is 3.97. The van der Waals surface area contributed by atoms with Crippen LogP contribution in [0.2, 0.25) is 0 Å². The van der Waals surface area contributed by atoms with E-state index < -0.39 is 22.5 Å². The number of hydrogen-bond acceptors (Lipinski definition) is 6. The van der Waals surface area contributed by atoms with Crippen molar-refractivity contribution in [2.75, 3.05) is 24.1 Å². The van der Waals surface area contributed by atoms with E-state index in [0.717, 1.165) is 9.87 Å². The van der Waals surface area contributed by atoms with Gasteiger partial charge in [-0.05, 0) is 67.9 Å². The van der Waals surface area contributed by atoms with Crippen LogP contribution in [0, 0.1) is 6.92 Å². The maximum atomic E-state index is 13.5. The van der Waals surface area contributed by atoms with Crippen LogP contribution in [0.5, 0.6) is 11.5 Å². The van der Waals surface area contributed by atoms with Gasteiger partial charge in [-0.15, -0.1) is 0 Å². The average molecular weight is 508 g/mol. The van der Waals surface area contributed by atoms with E-state index in [2.05, 4.69) is 17.1 Å². The second-order valence-corrected chi connectivity index (χ2v) is 9.58. The number of carbonyl (C=O) groups is 1. The number of hydrazone groups is 1. The SMILES string of the molecule is C=CCOc1cccc(/C=N\NC(=O)CN(c2ccc(OCC)cc2)S(=O)(=O)c2ccc(C)cc2)c1. The lowest BCUT2D eigenvalue weighted by Gasteiger charge is -2.24. The number of nitrogens with one attached hydrogen (secondary N) is 1. The van der Waals surface area contributed by atoms with Gasteiger partial charge >= 0.3 is 0 Å². The third-order valence-corrected chi connectivity index (χ3v) is 6.75. The quantitative estimate of drug-likeness (QED) is 0.224. The van der Waals surface area contributed by atoms with Crippen molar-refractivity contribution in [2.24, 2.45) is 5.10 Å². The number of sulfonamides is 1. The van der Waals surface area contributed by atoms with Gasteiger partial charge in [0.1, 0.15) is 24.7 Å². The Morgan fingerprint density at radius 2 is 1.75 bits per heavy atom. The zero-order valence-corrected chi connectivity index (χ0v) is 21.1. The highest BCUT2D eigenvalue weighted by Gasteiger charge is 2.27. The first-order valence-electron chi connectivity index (χ1n) is 11.3. The van der Waals surface area contributed by atoms with Crippen molar-refractivity contribution in [3.05, 3.63) is 96.6 Å². The van der Waals surface area contributed by atoms with Crippen molar-refractivity contribution in [1.29, 1.82) is 0 Å². The molecule has 0 saturated carbocycles. The molecule has 0 bridgehead atoms. The van der Waals surface area contributed by atoms with Gasteiger partial charge in [-0.1, -0.05) is 42.5 Å². The molecule has 0 saturated heterocycles. The lowest BCUT2D eigenvalue weighted by atomic mass is 10.2. The van der Waals surface area contributed by atoms with Crippen LogP contribution < -0.4 is 19.2 Å². The second kappa shape index (κ2) is 12.6. The Morgan fingerprint density at radius 3 is 2.42 bits per heavy atom. The summed E-state index contributed by atoms with van der Waals surface area (Å²) < 4.78 is 38.9. The maximum Gasteiger partial charge on any atom is 0.264 e. The highest BCUT2D eigenvalue weighted by molar-refractivity contribution is 7.92. The number of anilines is 1. The minimum atomic E-state index is -4.03. The van der Waals surface area contributed by atoms with Gasteiger partial charge in [-0.2, -0.15) is 5.10 Å². The molecule has 0 aliphatic carbocycles. The standard InChI is InChI=1S/C27H29N3O5S/c1-4-17-35-25-8-6-7-22(18-25)19-28-29-27(31)20-30(23-11-13-24(14-12-23)34-5-2)36(32,33)26-15-9-21(3)10-16-26/h4,6-16,18-19H,1,5,17,20H2,2-3H3,(H,29,31)/b28-19-. The Morgan fingerprint density at radius 1 is 1.03 bits per heavy atom. The molecule has 0 spiro atoms. The lowest BCUT2D eigenvalue weighted by molar-refractivity contribution is -0.119. The summed E-state index contributed by atoms with van der Waals surface area (Å²) >= 11 is 0. The predicted octanol–water partition coefficient (Wildman–Crippen LogP) is 4.30. The van der Waals surface area contributed by atoms with Crippen molar-refractivity contribution in [2.45, 2.75) is 18.7 Å². The molecule has 3 aromatic rings. The van der Waals surface area contributed by atoms with Crippen LogP contribution in [0.15, 0.2) is 95.4 Å². The van der Waals surface area contributed by atoms with Gasteiger partial charge in [0.05, 0.1) is 23.4 Å². The molecule has 0 aliphatic rings. The van der Waals surface area contributed by atoms with Gasteiger partial charge in [-0.25, -0.2) is 13.8 Å². The first-order chi connectivity index (χ1) is 17.3. The van der Waals surface area contributed by atoms with E-state index in [4.69, 9.17) is 9.47 Å². The number of amides is 1. The van der Waals surface area contributed by atoms with E-state index in [0.29, 0.717) is 36.0 Å². The molecule has 0 unspecified atom stereocenters. The average Bonchev–Trinajstić information content (AvgIpc) is 2.87. The molecule has 3 rings (SSSR count). The van der Waals surface area contributed by atoms with Crippen molar-refractivity contribution in [1.82, 2.24) is 5.43 Å². The minimum absolute atomic E-state index is 0.0784. The van der Waals surface area contributed by atoms with E-state index in [1.165, 1.54) is 18.3 Å². The number of ether oxygens (including phenoxy) is 2. The number of benzene rings is 3. The summed E-state index contributed by atoms with van der Waals surface area (Å²) in [6.07, 6.45) is 3.09. The normalized spacial score (nSPS) is 11.2. The first-order valence-corrected chi connectivity index (χ1v) is 12.8. The van der Waals surface area contributed by atoms with Crippen LogP contribution in [0.3, 0.4) is 0 Å². The Labute approximate surface area is 211 Å². The molecule has 0 heterocycles. The lowest BCUT2D eigenvalue weighted by Crippen LogP contribution is -2.39. The number of nitrogens with zero attached hydrogens (tertiary/aromatic N) is 2. The highest BCUT2D eigenvalue weighted by Crippen LogP contribution is 2.26. The number of hydrogen-bond donors (Lipinski definition) is 1. The number of carbonyl (C=O) groups excluding carboxylic acids is 1. The molecule has 0 fully saturated rings. The molecule has 0 atom stereocenters. The van der Waals surface area contributed by atoms with E-state index in [1.54, 1.807) is 66.7 Å². The van der Waals surface area contributed by atoms with Crippen LogP contribution in [0.1, 0.15) is 18.1 Å². The van der Waals surface area contributed by atoms with Crippen molar-refractivity contribution in [3.8, 4) is 11.5 Å². The fraction of sp³-hybridized carbons (Fsp3) is 0.185. The topological polar surface area (TPSA) is 97.3 Å². The molecular weight excluding hydrogens is 478 g/mol.